The van der Waals surface area contributed by atoms with Crippen molar-refractivity contribution >= 4 is 5.69 Å². The minimum absolute atomic E-state index is 0.591. The van der Waals surface area contributed by atoms with Crippen LogP contribution in [0.1, 0.15) is 25.3 Å². The van der Waals surface area contributed by atoms with Gasteiger partial charge < -0.3 is 4.90 Å². The summed E-state index contributed by atoms with van der Waals surface area (Å²) in [4.78, 5) is 2.27. The van der Waals surface area contributed by atoms with Crippen LogP contribution in [0.4, 0.5) is 5.69 Å². The number of hydrogen-bond acceptors (Lipinski definition) is 2. The third-order valence-electron chi connectivity index (χ3n) is 2.35. The van der Waals surface area contributed by atoms with Gasteiger partial charge in [-0.25, -0.2) is 0 Å². The van der Waals surface area contributed by atoms with Gasteiger partial charge in [0.2, 0.25) is 0 Å². The molecule has 0 aliphatic heterocycles. The smallest absolute Gasteiger partial charge is 0.0640 e. The van der Waals surface area contributed by atoms with Crippen molar-refractivity contribution in [2.75, 3.05) is 18.0 Å². The Hall–Kier alpha value is -1.49. The van der Waals surface area contributed by atoms with Gasteiger partial charge in [0.05, 0.1) is 12.5 Å². The topological polar surface area (TPSA) is 27.0 Å². The predicted molar refractivity (Wildman–Crippen MR) is 63.9 cm³/mol. The summed E-state index contributed by atoms with van der Waals surface area (Å²) in [6.07, 6.45) is 1.70. The second kappa shape index (κ2) is 6.08. The molecule has 1 rings (SSSR count). The summed E-state index contributed by atoms with van der Waals surface area (Å²) < 4.78 is 0. The Bertz CT molecular complexity index is 339. The first-order chi connectivity index (χ1) is 7.27. The van der Waals surface area contributed by atoms with Crippen molar-refractivity contribution in [2.24, 2.45) is 0 Å². The molecule has 0 fully saturated rings. The molecular formula is C13H18N2. The number of benzene rings is 1. The van der Waals surface area contributed by atoms with Gasteiger partial charge in [0, 0.05) is 18.8 Å². The first-order valence-corrected chi connectivity index (χ1v) is 5.46. The van der Waals surface area contributed by atoms with Crippen molar-refractivity contribution in [3.05, 3.63) is 29.8 Å². The lowest BCUT2D eigenvalue weighted by Gasteiger charge is -2.23. The van der Waals surface area contributed by atoms with Crippen LogP contribution in [0.3, 0.4) is 0 Å². The van der Waals surface area contributed by atoms with Gasteiger partial charge in [0.15, 0.2) is 0 Å². The molecule has 0 aliphatic rings. The second-order valence-corrected chi connectivity index (χ2v) is 3.73. The van der Waals surface area contributed by atoms with Gasteiger partial charge in [-0.15, -0.1) is 0 Å². The third-order valence-corrected chi connectivity index (χ3v) is 2.35. The highest BCUT2D eigenvalue weighted by atomic mass is 15.1. The van der Waals surface area contributed by atoms with Crippen molar-refractivity contribution in [3.8, 4) is 6.07 Å². The molecular weight excluding hydrogens is 184 g/mol. The van der Waals surface area contributed by atoms with Gasteiger partial charge in [0.1, 0.15) is 0 Å². The fourth-order valence-electron chi connectivity index (χ4n) is 1.65. The lowest BCUT2D eigenvalue weighted by molar-refractivity contribution is 0.767. The fraction of sp³-hybridized carbons (Fsp3) is 0.462. The lowest BCUT2D eigenvalue weighted by Crippen LogP contribution is -2.24. The molecule has 0 heterocycles. The van der Waals surface area contributed by atoms with Crippen LogP contribution in [0.25, 0.3) is 0 Å². The molecule has 0 bridgehead atoms. The molecule has 0 N–H and O–H groups in total. The molecule has 0 spiro atoms. The van der Waals surface area contributed by atoms with E-state index in [4.69, 9.17) is 5.26 Å². The first-order valence-electron chi connectivity index (χ1n) is 5.46. The third kappa shape index (κ3) is 3.63. The van der Waals surface area contributed by atoms with Gasteiger partial charge in [-0.2, -0.15) is 5.26 Å². The molecule has 0 unspecified atom stereocenters. The van der Waals surface area contributed by atoms with E-state index in [0.29, 0.717) is 6.42 Å². The zero-order chi connectivity index (χ0) is 11.1. The average Bonchev–Trinajstić information content (AvgIpc) is 2.24. The molecule has 0 saturated carbocycles. The summed E-state index contributed by atoms with van der Waals surface area (Å²) in [6.45, 7) is 6.10. The minimum Gasteiger partial charge on any atom is -0.371 e. The molecule has 0 atom stereocenters. The van der Waals surface area contributed by atoms with Crippen LogP contribution >= 0.6 is 0 Å². The van der Waals surface area contributed by atoms with E-state index in [0.717, 1.165) is 19.5 Å². The van der Waals surface area contributed by atoms with E-state index < -0.39 is 0 Å². The van der Waals surface area contributed by atoms with Crippen LogP contribution in [-0.4, -0.2) is 13.1 Å². The van der Waals surface area contributed by atoms with E-state index in [1.165, 1.54) is 11.3 Å². The van der Waals surface area contributed by atoms with Crippen molar-refractivity contribution in [1.82, 2.24) is 0 Å². The Morgan fingerprint density at radius 1 is 1.33 bits per heavy atom. The second-order valence-electron chi connectivity index (χ2n) is 3.73. The van der Waals surface area contributed by atoms with Gasteiger partial charge in [-0.1, -0.05) is 19.1 Å². The standard InChI is InChI=1S/C13H18N2/c1-3-9-15(10-5-8-14)13-7-4-6-12(2)11-13/h4,6-7,11H,3,5,9-10H2,1-2H3. The molecule has 2 heteroatoms. The minimum atomic E-state index is 0.591. The van der Waals surface area contributed by atoms with Gasteiger partial charge in [0.25, 0.3) is 0 Å². The van der Waals surface area contributed by atoms with Gasteiger partial charge in [-0.05, 0) is 31.0 Å². The quantitative estimate of drug-likeness (QED) is 0.733. The predicted octanol–water partition coefficient (Wildman–Crippen LogP) is 3.13. The molecule has 15 heavy (non-hydrogen) atoms. The SMILES string of the molecule is CCCN(CCC#N)c1cccc(C)c1. The molecule has 0 saturated heterocycles. The average molecular weight is 202 g/mol. The summed E-state index contributed by atoms with van der Waals surface area (Å²) >= 11 is 0. The maximum atomic E-state index is 8.61. The van der Waals surface area contributed by atoms with Crippen molar-refractivity contribution in [1.29, 1.82) is 5.26 Å². The van der Waals surface area contributed by atoms with Crippen LogP contribution in [0.15, 0.2) is 24.3 Å². The number of anilines is 1. The first kappa shape index (κ1) is 11.6. The molecule has 0 aliphatic carbocycles. The summed E-state index contributed by atoms with van der Waals surface area (Å²) in [5.41, 5.74) is 2.50. The molecule has 1 aromatic rings. The maximum Gasteiger partial charge on any atom is 0.0640 e. The summed E-state index contributed by atoms with van der Waals surface area (Å²) in [7, 11) is 0. The van der Waals surface area contributed by atoms with E-state index in [9.17, 15) is 0 Å². The number of nitrogens with zero attached hydrogens (tertiary/aromatic N) is 2. The maximum absolute atomic E-state index is 8.61. The van der Waals surface area contributed by atoms with E-state index in [1.54, 1.807) is 0 Å². The van der Waals surface area contributed by atoms with Gasteiger partial charge in [-0.3, -0.25) is 0 Å². The van der Waals surface area contributed by atoms with Crippen LogP contribution in [0, 0.1) is 18.3 Å². The summed E-state index contributed by atoms with van der Waals surface area (Å²) in [5, 5.41) is 8.61. The Morgan fingerprint density at radius 2 is 2.13 bits per heavy atom. The highest BCUT2D eigenvalue weighted by molar-refractivity contribution is 5.48. The molecule has 0 radical (unpaired) electrons. The number of aryl methyl sites for hydroxylation is 1. The molecule has 80 valence electrons. The Balaban J connectivity index is 2.74. The zero-order valence-electron chi connectivity index (χ0n) is 9.53. The number of hydrogen-bond donors (Lipinski definition) is 0. The fourth-order valence-corrected chi connectivity index (χ4v) is 1.65. The monoisotopic (exact) mass is 202 g/mol. The lowest BCUT2D eigenvalue weighted by atomic mass is 10.2. The highest BCUT2D eigenvalue weighted by Gasteiger charge is 2.04. The van der Waals surface area contributed by atoms with Crippen LogP contribution in [0.5, 0.6) is 0 Å². The normalized spacial score (nSPS) is 9.67. The highest BCUT2D eigenvalue weighted by Crippen LogP contribution is 2.16. The van der Waals surface area contributed by atoms with Crippen LogP contribution in [0.2, 0.25) is 0 Å². The summed E-state index contributed by atoms with van der Waals surface area (Å²) in [6, 6.07) is 10.6. The van der Waals surface area contributed by atoms with Crippen molar-refractivity contribution in [3.63, 3.8) is 0 Å². The van der Waals surface area contributed by atoms with Crippen molar-refractivity contribution in [2.45, 2.75) is 26.7 Å². The van der Waals surface area contributed by atoms with Crippen LogP contribution in [-0.2, 0) is 0 Å². The zero-order valence-corrected chi connectivity index (χ0v) is 9.53. The molecule has 2 nitrogen and oxygen atoms in total. The summed E-state index contributed by atoms with van der Waals surface area (Å²) in [5.74, 6) is 0. The largest absolute Gasteiger partial charge is 0.371 e. The van der Waals surface area contributed by atoms with E-state index >= 15 is 0 Å². The molecule has 0 aromatic heterocycles. The molecule has 0 amide bonds. The van der Waals surface area contributed by atoms with Gasteiger partial charge >= 0.3 is 0 Å². The van der Waals surface area contributed by atoms with Crippen molar-refractivity contribution < 1.29 is 0 Å². The van der Waals surface area contributed by atoms with E-state index in [1.807, 2.05) is 0 Å². The van der Waals surface area contributed by atoms with Crippen LogP contribution < -0.4 is 4.90 Å². The number of rotatable bonds is 5. The van der Waals surface area contributed by atoms with E-state index in [2.05, 4.69) is 49.1 Å². The Morgan fingerprint density at radius 3 is 2.73 bits per heavy atom. The van der Waals surface area contributed by atoms with E-state index in [-0.39, 0.29) is 0 Å². The molecule has 1 aromatic carbocycles. The number of nitriles is 1. The Kier molecular flexibility index (Phi) is 4.70. The Labute approximate surface area is 92.1 Å².